The van der Waals surface area contributed by atoms with Crippen molar-refractivity contribution in [2.45, 2.75) is 69.5 Å². The fourth-order valence-corrected chi connectivity index (χ4v) is 6.25. The average Bonchev–Trinajstić information content (AvgIpc) is 3.00. The number of methoxy groups -OCH3 is 1. The molecule has 1 heterocycles. The molecular formula is C26H39N2O2PS. The van der Waals surface area contributed by atoms with Crippen LogP contribution in [0.25, 0.3) is 0 Å². The van der Waals surface area contributed by atoms with E-state index in [1.165, 1.54) is 40.8 Å². The molecule has 2 N–H and O–H groups in total. The van der Waals surface area contributed by atoms with Crippen molar-refractivity contribution in [3.05, 3.63) is 59.2 Å². The number of nitrogens with one attached hydrogen (secondary N) is 2. The summed E-state index contributed by atoms with van der Waals surface area (Å²) in [4.78, 5) is 1.36. The van der Waals surface area contributed by atoms with E-state index in [-0.39, 0.29) is 11.6 Å². The molecule has 0 radical (unpaired) electrons. The molecule has 0 spiro atoms. The van der Waals surface area contributed by atoms with Crippen LogP contribution >= 0.6 is 20.6 Å². The summed E-state index contributed by atoms with van der Waals surface area (Å²) < 4.78 is 11.3. The summed E-state index contributed by atoms with van der Waals surface area (Å²) in [7, 11) is 2.27. The van der Waals surface area contributed by atoms with Crippen molar-refractivity contribution in [2.24, 2.45) is 0 Å². The molecule has 2 aromatic carbocycles. The van der Waals surface area contributed by atoms with E-state index in [9.17, 15) is 0 Å². The molecule has 0 saturated heterocycles. The van der Waals surface area contributed by atoms with Gasteiger partial charge in [0.1, 0.15) is 5.75 Å². The molecule has 1 aliphatic heterocycles. The van der Waals surface area contributed by atoms with Gasteiger partial charge in [-0.1, -0.05) is 57.0 Å². The first-order chi connectivity index (χ1) is 15.7. The molecule has 1 unspecified atom stereocenters. The van der Waals surface area contributed by atoms with Crippen LogP contribution in [0.4, 0.5) is 0 Å². The maximum atomic E-state index is 5.85. The van der Waals surface area contributed by atoms with Crippen LogP contribution in [0.3, 0.4) is 0 Å². The second-order valence-electron chi connectivity index (χ2n) is 8.40. The summed E-state index contributed by atoms with van der Waals surface area (Å²) in [6.07, 6.45) is 5.67. The maximum Gasteiger partial charge on any atom is 0.123 e. The van der Waals surface area contributed by atoms with Crippen molar-refractivity contribution >= 4 is 20.6 Å². The third kappa shape index (κ3) is 6.48. The Labute approximate surface area is 200 Å². The summed E-state index contributed by atoms with van der Waals surface area (Å²) in [5.74, 6) is 2.04. The highest BCUT2D eigenvalue weighted by molar-refractivity contribution is 7.99. The highest BCUT2D eigenvalue weighted by Crippen LogP contribution is 2.43. The zero-order valence-corrected chi connectivity index (χ0v) is 21.8. The van der Waals surface area contributed by atoms with E-state index in [4.69, 9.17) is 9.26 Å². The van der Waals surface area contributed by atoms with Crippen molar-refractivity contribution in [3.63, 3.8) is 0 Å². The van der Waals surface area contributed by atoms with Gasteiger partial charge in [0.15, 0.2) is 0 Å². The van der Waals surface area contributed by atoms with Gasteiger partial charge in [-0.25, -0.2) is 0 Å². The molecule has 0 aliphatic carbocycles. The van der Waals surface area contributed by atoms with E-state index in [1.807, 2.05) is 18.7 Å². The Hall–Kier alpha value is -1.10. The predicted octanol–water partition coefficient (Wildman–Crippen LogP) is 6.50. The molecular weight excluding hydrogens is 435 g/mol. The lowest BCUT2D eigenvalue weighted by molar-refractivity contribution is 0.297. The average molecular weight is 475 g/mol. The fourth-order valence-electron chi connectivity index (χ4n) is 4.29. The van der Waals surface area contributed by atoms with Crippen molar-refractivity contribution in [1.29, 1.82) is 0 Å². The summed E-state index contributed by atoms with van der Waals surface area (Å²) in [5, 5.41) is 7.63. The lowest BCUT2D eigenvalue weighted by Crippen LogP contribution is -2.48. The Morgan fingerprint density at radius 3 is 2.69 bits per heavy atom. The number of rotatable bonds is 12. The Kier molecular flexibility index (Phi) is 10.3. The van der Waals surface area contributed by atoms with E-state index in [0.29, 0.717) is 8.81 Å². The lowest BCUT2D eigenvalue weighted by atomic mass is 9.88. The number of hydrogen-bond acceptors (Lipinski definition) is 5. The van der Waals surface area contributed by atoms with Crippen LogP contribution in [0.15, 0.2) is 47.4 Å². The van der Waals surface area contributed by atoms with Crippen LogP contribution in [0.1, 0.15) is 69.2 Å². The minimum absolute atomic E-state index is 0.129. The van der Waals surface area contributed by atoms with Gasteiger partial charge in [0, 0.05) is 50.0 Å². The molecule has 4 nitrogen and oxygen atoms in total. The van der Waals surface area contributed by atoms with E-state index in [1.54, 1.807) is 7.11 Å². The first-order valence-electron chi connectivity index (χ1n) is 11.9. The fraction of sp³-hybridized carbons (Fsp3) is 0.538. The van der Waals surface area contributed by atoms with Gasteiger partial charge in [-0.3, -0.25) is 5.32 Å². The molecule has 176 valence electrons. The van der Waals surface area contributed by atoms with Gasteiger partial charge in [0.25, 0.3) is 0 Å². The molecule has 3 atom stereocenters. The topological polar surface area (TPSA) is 42.5 Å². The number of thioether (sulfide) groups is 1. The van der Waals surface area contributed by atoms with E-state index >= 15 is 0 Å². The van der Waals surface area contributed by atoms with Crippen LogP contribution < -0.4 is 15.4 Å². The Balaban J connectivity index is 1.95. The molecule has 6 heteroatoms. The normalized spacial score (nSPS) is 20.9. The zero-order chi connectivity index (χ0) is 22.8. The highest BCUT2D eigenvalue weighted by atomic mass is 32.2. The van der Waals surface area contributed by atoms with Crippen molar-refractivity contribution in [1.82, 2.24) is 10.6 Å². The molecule has 0 bridgehead atoms. The minimum Gasteiger partial charge on any atom is -0.496 e. The molecule has 3 rings (SSSR count). The number of unbranched alkanes of at least 4 members (excludes halogenated alkanes) is 1. The number of ether oxygens (including phenoxy) is 1. The third-order valence-corrected chi connectivity index (χ3v) is 8.50. The van der Waals surface area contributed by atoms with Gasteiger partial charge < -0.3 is 14.6 Å². The second-order valence-corrected chi connectivity index (χ2v) is 10.3. The Bertz CT molecular complexity index is 836. The Morgan fingerprint density at radius 1 is 1.19 bits per heavy atom. The van der Waals surface area contributed by atoms with Gasteiger partial charge in [0.05, 0.1) is 13.2 Å². The van der Waals surface area contributed by atoms with Crippen LogP contribution in [0, 0.1) is 0 Å². The van der Waals surface area contributed by atoms with Crippen molar-refractivity contribution in [2.75, 3.05) is 25.8 Å². The summed E-state index contributed by atoms with van der Waals surface area (Å²) in [5.41, 5.74) is 3.98. The second kappa shape index (κ2) is 13.0. The third-order valence-electron chi connectivity index (χ3n) is 6.26. The minimum atomic E-state index is 0.129. The quantitative estimate of drug-likeness (QED) is 0.272. The number of fused-ring (bicyclic) bond motifs is 1. The largest absolute Gasteiger partial charge is 0.496 e. The number of hydrogen-bond donors (Lipinski definition) is 2. The van der Waals surface area contributed by atoms with Crippen LogP contribution in [0.2, 0.25) is 0 Å². The molecule has 0 aromatic heterocycles. The van der Waals surface area contributed by atoms with Crippen LogP contribution in [-0.4, -0.2) is 31.3 Å². The summed E-state index contributed by atoms with van der Waals surface area (Å²) in [6, 6.07) is 15.6. The molecule has 0 amide bonds. The van der Waals surface area contributed by atoms with Crippen LogP contribution in [0.5, 0.6) is 5.75 Å². The zero-order valence-electron chi connectivity index (χ0n) is 20.0. The molecule has 2 aromatic rings. The van der Waals surface area contributed by atoms with Crippen molar-refractivity contribution in [3.8, 4) is 5.75 Å². The maximum absolute atomic E-state index is 5.85. The smallest absolute Gasteiger partial charge is 0.123 e. The van der Waals surface area contributed by atoms with Gasteiger partial charge in [-0.15, -0.1) is 11.8 Å². The van der Waals surface area contributed by atoms with Gasteiger partial charge in [-0.05, 0) is 43.0 Å². The Morgan fingerprint density at radius 2 is 2.00 bits per heavy atom. The van der Waals surface area contributed by atoms with Crippen LogP contribution in [-0.2, 0) is 11.1 Å². The SMILES string of the molecule is CCCC[C@]1(CC)CSc2cc(CNCPOCC)c(OC)cc2[C@@H](c2ccccc2)N1. The first kappa shape index (κ1) is 25.5. The van der Waals surface area contributed by atoms with E-state index < -0.39 is 0 Å². The van der Waals surface area contributed by atoms with Gasteiger partial charge >= 0.3 is 0 Å². The standard InChI is InChI=1S/C26H39N2O2PS/c1-5-8-14-26(6-2)18-32-24-15-21(17-27-19-31-30-7-3)23(29-4)16-22(24)25(28-26)20-12-10-9-11-13-20/h9-13,15-16,25,27-28,31H,5-8,14,17-19H2,1-4H3/t25-,26-/m1/s1. The monoisotopic (exact) mass is 474 g/mol. The molecule has 0 saturated carbocycles. The highest BCUT2D eigenvalue weighted by Gasteiger charge is 2.36. The number of benzene rings is 2. The van der Waals surface area contributed by atoms with Gasteiger partial charge in [-0.2, -0.15) is 0 Å². The summed E-state index contributed by atoms with van der Waals surface area (Å²) in [6.45, 7) is 8.20. The van der Waals surface area contributed by atoms with E-state index in [2.05, 4.69) is 66.9 Å². The molecule has 1 aliphatic rings. The van der Waals surface area contributed by atoms with Gasteiger partial charge in [0.2, 0.25) is 0 Å². The first-order valence-corrected chi connectivity index (χ1v) is 14.0. The lowest BCUT2D eigenvalue weighted by Gasteiger charge is -2.36. The van der Waals surface area contributed by atoms with Crippen molar-refractivity contribution < 1.29 is 9.26 Å². The van der Waals surface area contributed by atoms with E-state index in [0.717, 1.165) is 37.4 Å². The molecule has 0 fully saturated rings. The molecule has 32 heavy (non-hydrogen) atoms. The summed E-state index contributed by atoms with van der Waals surface area (Å²) >= 11 is 2.00. The predicted molar refractivity (Wildman–Crippen MR) is 139 cm³/mol.